The van der Waals surface area contributed by atoms with Crippen LogP contribution in [-0.2, 0) is 0 Å². The molecule has 1 atom stereocenters. The maximum absolute atomic E-state index is 3.52. The van der Waals surface area contributed by atoms with Crippen LogP contribution in [0.3, 0.4) is 0 Å². The summed E-state index contributed by atoms with van der Waals surface area (Å²) >= 11 is 1.96. The summed E-state index contributed by atoms with van der Waals surface area (Å²) < 4.78 is 0. The Labute approximate surface area is 90.3 Å². The summed E-state index contributed by atoms with van der Waals surface area (Å²) in [4.78, 5) is 1.39. The summed E-state index contributed by atoms with van der Waals surface area (Å²) in [7, 11) is 0. The van der Waals surface area contributed by atoms with Gasteiger partial charge in [-0.3, -0.25) is 0 Å². The first-order valence-corrected chi connectivity index (χ1v) is 6.26. The minimum absolute atomic E-state index is 0.737. The molecule has 1 N–H and O–H groups in total. The van der Waals surface area contributed by atoms with Gasteiger partial charge in [-0.2, -0.15) is 0 Å². The standard InChI is InChI=1S/C12H17NS/c1-10-4-6-12(7-5-10)14-9-11-3-2-8-13-11/h4-7,11,13H,2-3,8-9H2,1H3/t11-/m0/s1. The molecule has 0 spiro atoms. The van der Waals surface area contributed by atoms with Crippen LogP contribution in [-0.4, -0.2) is 18.3 Å². The molecule has 0 aromatic heterocycles. The van der Waals surface area contributed by atoms with E-state index in [4.69, 9.17) is 0 Å². The molecule has 1 fully saturated rings. The van der Waals surface area contributed by atoms with Crippen molar-refractivity contribution in [2.24, 2.45) is 0 Å². The van der Waals surface area contributed by atoms with Crippen LogP contribution in [0.4, 0.5) is 0 Å². The molecule has 2 rings (SSSR count). The van der Waals surface area contributed by atoms with Gasteiger partial charge in [0.1, 0.15) is 0 Å². The molecule has 2 heteroatoms. The van der Waals surface area contributed by atoms with Crippen molar-refractivity contribution < 1.29 is 0 Å². The predicted molar refractivity (Wildman–Crippen MR) is 62.9 cm³/mol. The Kier molecular flexibility index (Phi) is 3.49. The molecule has 14 heavy (non-hydrogen) atoms. The third-order valence-electron chi connectivity index (χ3n) is 2.63. The molecule has 1 aliphatic rings. The number of rotatable bonds is 3. The second kappa shape index (κ2) is 4.85. The van der Waals surface area contributed by atoms with Crippen LogP contribution in [0.15, 0.2) is 29.2 Å². The summed E-state index contributed by atoms with van der Waals surface area (Å²) in [6.07, 6.45) is 2.69. The molecule has 1 heterocycles. The number of aryl methyl sites for hydroxylation is 1. The second-order valence-electron chi connectivity index (χ2n) is 3.92. The minimum atomic E-state index is 0.737. The van der Waals surface area contributed by atoms with Gasteiger partial charge < -0.3 is 5.32 Å². The van der Waals surface area contributed by atoms with Crippen LogP contribution < -0.4 is 5.32 Å². The van der Waals surface area contributed by atoms with E-state index in [-0.39, 0.29) is 0 Å². The van der Waals surface area contributed by atoms with Gasteiger partial charge in [0.15, 0.2) is 0 Å². The van der Waals surface area contributed by atoms with Crippen molar-refractivity contribution in [2.75, 3.05) is 12.3 Å². The Bertz CT molecular complexity index is 275. The molecule has 1 saturated heterocycles. The predicted octanol–water partition coefficient (Wildman–Crippen LogP) is 2.84. The van der Waals surface area contributed by atoms with E-state index in [1.807, 2.05) is 11.8 Å². The molecule has 1 aliphatic heterocycles. The fraction of sp³-hybridized carbons (Fsp3) is 0.500. The molecule has 0 aliphatic carbocycles. The average molecular weight is 207 g/mol. The number of nitrogens with one attached hydrogen (secondary N) is 1. The zero-order valence-electron chi connectivity index (χ0n) is 8.62. The van der Waals surface area contributed by atoms with Gasteiger partial charge in [0.05, 0.1) is 0 Å². The zero-order chi connectivity index (χ0) is 9.80. The lowest BCUT2D eigenvalue weighted by atomic mass is 10.2. The lowest BCUT2D eigenvalue weighted by Crippen LogP contribution is -2.23. The van der Waals surface area contributed by atoms with Crippen LogP contribution in [0.25, 0.3) is 0 Å². The van der Waals surface area contributed by atoms with Gasteiger partial charge in [-0.15, -0.1) is 11.8 Å². The summed E-state index contributed by atoms with van der Waals surface area (Å²) in [5.41, 5.74) is 1.34. The van der Waals surface area contributed by atoms with Crippen molar-refractivity contribution in [3.05, 3.63) is 29.8 Å². The molecule has 0 amide bonds. The van der Waals surface area contributed by atoms with E-state index in [1.54, 1.807) is 0 Å². The van der Waals surface area contributed by atoms with E-state index in [0.29, 0.717) is 0 Å². The summed E-state index contributed by atoms with van der Waals surface area (Å²) in [5.74, 6) is 1.21. The highest BCUT2D eigenvalue weighted by molar-refractivity contribution is 7.99. The lowest BCUT2D eigenvalue weighted by Gasteiger charge is -2.09. The van der Waals surface area contributed by atoms with Gasteiger partial charge in [0.25, 0.3) is 0 Å². The van der Waals surface area contributed by atoms with Crippen LogP contribution >= 0.6 is 11.8 Å². The Hall–Kier alpha value is -0.470. The van der Waals surface area contributed by atoms with Crippen molar-refractivity contribution in [2.45, 2.75) is 30.7 Å². The number of hydrogen-bond donors (Lipinski definition) is 1. The fourth-order valence-corrected chi connectivity index (χ4v) is 2.74. The van der Waals surface area contributed by atoms with E-state index in [0.717, 1.165) is 6.04 Å². The summed E-state index contributed by atoms with van der Waals surface area (Å²) in [6.45, 7) is 3.34. The zero-order valence-corrected chi connectivity index (χ0v) is 9.44. The third-order valence-corrected chi connectivity index (χ3v) is 3.81. The van der Waals surface area contributed by atoms with Crippen molar-refractivity contribution in [3.8, 4) is 0 Å². The van der Waals surface area contributed by atoms with Gasteiger partial charge in [-0.25, -0.2) is 0 Å². The van der Waals surface area contributed by atoms with E-state index in [1.165, 1.54) is 35.6 Å². The highest BCUT2D eigenvalue weighted by Gasteiger charge is 2.13. The summed E-state index contributed by atoms with van der Waals surface area (Å²) in [6, 6.07) is 9.54. The van der Waals surface area contributed by atoms with Crippen LogP contribution in [0, 0.1) is 6.92 Å². The topological polar surface area (TPSA) is 12.0 Å². The molecule has 1 aromatic carbocycles. The molecule has 1 nitrogen and oxygen atoms in total. The number of hydrogen-bond acceptors (Lipinski definition) is 2. The van der Waals surface area contributed by atoms with Gasteiger partial charge in [0, 0.05) is 16.7 Å². The maximum atomic E-state index is 3.52. The van der Waals surface area contributed by atoms with Crippen molar-refractivity contribution in [3.63, 3.8) is 0 Å². The van der Waals surface area contributed by atoms with Crippen molar-refractivity contribution >= 4 is 11.8 Å². The first-order valence-electron chi connectivity index (χ1n) is 5.27. The SMILES string of the molecule is Cc1ccc(SC[C@@H]2CCCN2)cc1. The minimum Gasteiger partial charge on any atom is -0.313 e. The van der Waals surface area contributed by atoms with Gasteiger partial charge in [-0.1, -0.05) is 17.7 Å². The second-order valence-corrected chi connectivity index (χ2v) is 5.01. The van der Waals surface area contributed by atoms with E-state index < -0.39 is 0 Å². The average Bonchev–Trinajstić information content (AvgIpc) is 2.70. The molecule has 0 radical (unpaired) electrons. The lowest BCUT2D eigenvalue weighted by molar-refractivity contribution is 0.674. The first-order chi connectivity index (χ1) is 6.84. The molecule has 1 aromatic rings. The number of benzene rings is 1. The summed E-state index contributed by atoms with van der Waals surface area (Å²) in [5, 5.41) is 3.52. The van der Waals surface area contributed by atoms with Crippen molar-refractivity contribution in [1.82, 2.24) is 5.32 Å². The van der Waals surface area contributed by atoms with E-state index in [9.17, 15) is 0 Å². The van der Waals surface area contributed by atoms with Gasteiger partial charge in [-0.05, 0) is 38.4 Å². The normalized spacial score (nSPS) is 21.4. The Morgan fingerprint density at radius 1 is 1.36 bits per heavy atom. The largest absolute Gasteiger partial charge is 0.313 e. The van der Waals surface area contributed by atoms with E-state index in [2.05, 4.69) is 36.5 Å². The fourth-order valence-electron chi connectivity index (χ4n) is 1.73. The highest BCUT2D eigenvalue weighted by atomic mass is 32.2. The monoisotopic (exact) mass is 207 g/mol. The Morgan fingerprint density at radius 2 is 2.14 bits per heavy atom. The highest BCUT2D eigenvalue weighted by Crippen LogP contribution is 2.21. The third kappa shape index (κ3) is 2.76. The van der Waals surface area contributed by atoms with Crippen LogP contribution in [0.5, 0.6) is 0 Å². The quantitative estimate of drug-likeness (QED) is 0.765. The first kappa shape index (κ1) is 10.1. The smallest absolute Gasteiger partial charge is 0.0162 e. The Morgan fingerprint density at radius 3 is 2.79 bits per heavy atom. The van der Waals surface area contributed by atoms with Crippen molar-refractivity contribution in [1.29, 1.82) is 0 Å². The van der Waals surface area contributed by atoms with Crippen LogP contribution in [0.2, 0.25) is 0 Å². The molecule has 76 valence electrons. The molecular formula is C12H17NS. The molecule has 0 bridgehead atoms. The van der Waals surface area contributed by atoms with E-state index >= 15 is 0 Å². The molecule has 0 saturated carbocycles. The molecule has 0 unspecified atom stereocenters. The molecular weight excluding hydrogens is 190 g/mol. The van der Waals surface area contributed by atoms with Gasteiger partial charge >= 0.3 is 0 Å². The Balaban J connectivity index is 1.82. The number of thioether (sulfide) groups is 1. The van der Waals surface area contributed by atoms with Gasteiger partial charge in [0.2, 0.25) is 0 Å². The maximum Gasteiger partial charge on any atom is 0.0162 e. The van der Waals surface area contributed by atoms with Crippen LogP contribution in [0.1, 0.15) is 18.4 Å².